The van der Waals surface area contributed by atoms with E-state index in [9.17, 15) is 14.0 Å². The van der Waals surface area contributed by atoms with Crippen molar-refractivity contribution in [2.45, 2.75) is 25.8 Å². The Kier molecular flexibility index (Phi) is 5.90. The summed E-state index contributed by atoms with van der Waals surface area (Å²) in [5.41, 5.74) is 2.27. The molecule has 0 aromatic heterocycles. The van der Waals surface area contributed by atoms with Gasteiger partial charge in [-0.2, -0.15) is 0 Å². The number of aryl methyl sites for hydroxylation is 1. The predicted molar refractivity (Wildman–Crippen MR) is 107 cm³/mol. The number of hydrogen-bond donors (Lipinski definition) is 1. The molecular weight excluding hydrogens is 446 g/mol. The molecule has 1 heterocycles. The lowest BCUT2D eigenvalue weighted by Gasteiger charge is -2.32. The van der Waals surface area contributed by atoms with Gasteiger partial charge in [0.2, 0.25) is 0 Å². The van der Waals surface area contributed by atoms with E-state index in [1.165, 1.54) is 24.3 Å². The fourth-order valence-corrected chi connectivity index (χ4v) is 3.67. The Bertz CT molecular complexity index is 815. The van der Waals surface area contributed by atoms with Crippen LogP contribution in [0.4, 0.5) is 4.39 Å². The molecule has 136 valence electrons. The van der Waals surface area contributed by atoms with Crippen molar-refractivity contribution in [2.24, 2.45) is 0 Å². The molecule has 26 heavy (non-hydrogen) atoms. The first kappa shape index (κ1) is 18.8. The topological polar surface area (TPSA) is 49.4 Å². The van der Waals surface area contributed by atoms with E-state index in [0.717, 1.165) is 14.7 Å². The minimum absolute atomic E-state index is 0.0215. The number of benzene rings is 2. The monoisotopic (exact) mass is 466 g/mol. The van der Waals surface area contributed by atoms with Crippen molar-refractivity contribution < 1.29 is 14.0 Å². The van der Waals surface area contributed by atoms with Crippen LogP contribution in [0.2, 0.25) is 0 Å². The van der Waals surface area contributed by atoms with E-state index in [1.54, 1.807) is 0 Å². The highest BCUT2D eigenvalue weighted by molar-refractivity contribution is 14.1. The van der Waals surface area contributed by atoms with E-state index < -0.39 is 0 Å². The second kappa shape index (κ2) is 8.16. The quantitative estimate of drug-likeness (QED) is 0.701. The van der Waals surface area contributed by atoms with Gasteiger partial charge in [0.05, 0.1) is 5.56 Å². The standard InChI is InChI=1S/C20H20FIN2O2/c1-13-3-2-4-17(18(13)22)20(26)24-11-9-16(10-12-24)23-19(25)14-5-7-15(21)8-6-14/h2-8,16H,9-12H2,1H3,(H,23,25). The van der Waals surface area contributed by atoms with Crippen LogP contribution in [0.15, 0.2) is 42.5 Å². The normalized spacial score (nSPS) is 15.0. The summed E-state index contributed by atoms with van der Waals surface area (Å²) in [5.74, 6) is -0.524. The number of halogens is 2. The number of rotatable bonds is 3. The fourth-order valence-electron chi connectivity index (χ4n) is 3.08. The Labute approximate surface area is 165 Å². The molecular formula is C20H20FIN2O2. The molecule has 4 nitrogen and oxygen atoms in total. The van der Waals surface area contributed by atoms with Crippen molar-refractivity contribution in [1.82, 2.24) is 10.2 Å². The average Bonchev–Trinajstić information content (AvgIpc) is 2.64. The van der Waals surface area contributed by atoms with Gasteiger partial charge in [0.1, 0.15) is 5.82 Å². The van der Waals surface area contributed by atoms with Crippen molar-refractivity contribution in [1.29, 1.82) is 0 Å². The van der Waals surface area contributed by atoms with Gasteiger partial charge in [-0.15, -0.1) is 0 Å². The number of amides is 2. The lowest BCUT2D eigenvalue weighted by molar-refractivity contribution is 0.0697. The zero-order valence-corrected chi connectivity index (χ0v) is 16.6. The Morgan fingerprint density at radius 2 is 1.77 bits per heavy atom. The fraction of sp³-hybridized carbons (Fsp3) is 0.300. The Hall–Kier alpha value is -1.96. The number of nitrogens with one attached hydrogen (secondary N) is 1. The molecule has 0 atom stereocenters. The second-order valence-corrected chi connectivity index (χ2v) is 7.56. The lowest BCUT2D eigenvalue weighted by Crippen LogP contribution is -2.46. The van der Waals surface area contributed by atoms with Crippen LogP contribution in [0.5, 0.6) is 0 Å². The third-order valence-electron chi connectivity index (χ3n) is 4.65. The van der Waals surface area contributed by atoms with E-state index in [-0.39, 0.29) is 23.7 Å². The minimum Gasteiger partial charge on any atom is -0.349 e. The molecule has 0 spiro atoms. The molecule has 1 saturated heterocycles. The van der Waals surface area contributed by atoms with E-state index >= 15 is 0 Å². The van der Waals surface area contributed by atoms with Crippen LogP contribution in [-0.2, 0) is 0 Å². The summed E-state index contributed by atoms with van der Waals surface area (Å²) in [4.78, 5) is 26.8. The van der Waals surface area contributed by atoms with E-state index in [2.05, 4.69) is 27.9 Å². The van der Waals surface area contributed by atoms with Gasteiger partial charge in [-0.3, -0.25) is 9.59 Å². The van der Waals surface area contributed by atoms with Gasteiger partial charge in [0.25, 0.3) is 11.8 Å². The van der Waals surface area contributed by atoms with Crippen molar-refractivity contribution in [3.63, 3.8) is 0 Å². The van der Waals surface area contributed by atoms with Gasteiger partial charge in [0.15, 0.2) is 0 Å². The largest absolute Gasteiger partial charge is 0.349 e. The molecule has 6 heteroatoms. The van der Waals surface area contributed by atoms with Crippen LogP contribution in [-0.4, -0.2) is 35.8 Å². The molecule has 0 radical (unpaired) electrons. The molecule has 2 aromatic rings. The van der Waals surface area contributed by atoms with Gasteiger partial charge in [-0.1, -0.05) is 12.1 Å². The molecule has 0 aliphatic carbocycles. The Balaban J connectivity index is 1.57. The molecule has 1 N–H and O–H groups in total. The van der Waals surface area contributed by atoms with Gasteiger partial charge < -0.3 is 10.2 Å². The van der Waals surface area contributed by atoms with Crippen molar-refractivity contribution in [3.05, 3.63) is 68.5 Å². The summed E-state index contributed by atoms with van der Waals surface area (Å²) in [7, 11) is 0. The third kappa shape index (κ3) is 4.23. The van der Waals surface area contributed by atoms with Gasteiger partial charge in [0, 0.05) is 28.3 Å². The van der Waals surface area contributed by atoms with Crippen LogP contribution in [0.25, 0.3) is 0 Å². The molecule has 1 aliphatic heterocycles. The molecule has 3 rings (SSSR count). The summed E-state index contributed by atoms with van der Waals surface area (Å²) in [6.45, 7) is 3.21. The number of likely N-dealkylation sites (tertiary alicyclic amines) is 1. The first-order valence-electron chi connectivity index (χ1n) is 8.56. The van der Waals surface area contributed by atoms with Crippen LogP contribution < -0.4 is 5.32 Å². The highest BCUT2D eigenvalue weighted by atomic mass is 127. The highest BCUT2D eigenvalue weighted by Crippen LogP contribution is 2.21. The molecule has 0 bridgehead atoms. The van der Waals surface area contributed by atoms with Crippen LogP contribution in [0, 0.1) is 16.3 Å². The van der Waals surface area contributed by atoms with Gasteiger partial charge in [-0.25, -0.2) is 4.39 Å². The predicted octanol–water partition coefficient (Wildman–Crippen LogP) is 3.77. The molecule has 2 amide bonds. The summed E-state index contributed by atoms with van der Waals surface area (Å²) in [6, 6.07) is 11.3. The minimum atomic E-state index is -0.362. The van der Waals surface area contributed by atoms with Crippen molar-refractivity contribution in [2.75, 3.05) is 13.1 Å². The van der Waals surface area contributed by atoms with Crippen LogP contribution in [0.3, 0.4) is 0 Å². The third-order valence-corrected chi connectivity index (χ3v) is 6.08. The first-order valence-corrected chi connectivity index (χ1v) is 9.64. The van der Waals surface area contributed by atoms with E-state index in [1.807, 2.05) is 30.0 Å². The lowest BCUT2D eigenvalue weighted by atomic mass is 10.0. The molecule has 0 saturated carbocycles. The average molecular weight is 466 g/mol. The summed E-state index contributed by atoms with van der Waals surface area (Å²) in [6.07, 6.45) is 1.42. The maximum atomic E-state index is 13.0. The summed E-state index contributed by atoms with van der Waals surface area (Å²) in [5, 5.41) is 2.97. The van der Waals surface area contributed by atoms with Crippen LogP contribution in [0.1, 0.15) is 39.1 Å². The molecule has 0 unspecified atom stereocenters. The highest BCUT2D eigenvalue weighted by Gasteiger charge is 2.26. The molecule has 1 fully saturated rings. The van der Waals surface area contributed by atoms with Crippen molar-refractivity contribution in [3.8, 4) is 0 Å². The zero-order chi connectivity index (χ0) is 18.7. The SMILES string of the molecule is Cc1cccc(C(=O)N2CCC(NC(=O)c3ccc(F)cc3)CC2)c1I. The number of piperidine rings is 1. The summed E-state index contributed by atoms with van der Waals surface area (Å²) < 4.78 is 13.9. The van der Waals surface area contributed by atoms with Crippen LogP contribution >= 0.6 is 22.6 Å². The van der Waals surface area contributed by atoms with Gasteiger partial charge in [-0.05, 0) is 78.3 Å². The smallest absolute Gasteiger partial charge is 0.254 e. The van der Waals surface area contributed by atoms with E-state index in [4.69, 9.17) is 0 Å². The maximum Gasteiger partial charge on any atom is 0.254 e. The zero-order valence-electron chi connectivity index (χ0n) is 14.5. The Morgan fingerprint density at radius 3 is 2.42 bits per heavy atom. The summed E-state index contributed by atoms with van der Waals surface area (Å²) >= 11 is 2.21. The first-order chi connectivity index (χ1) is 12.5. The second-order valence-electron chi connectivity index (χ2n) is 6.48. The maximum absolute atomic E-state index is 13.0. The molecule has 1 aliphatic rings. The number of carbonyl (C=O) groups excluding carboxylic acids is 2. The van der Waals surface area contributed by atoms with Crippen molar-refractivity contribution >= 4 is 34.4 Å². The molecule has 2 aromatic carbocycles. The number of nitrogens with zero attached hydrogens (tertiary/aromatic N) is 1. The number of hydrogen-bond acceptors (Lipinski definition) is 2. The number of carbonyl (C=O) groups is 2. The van der Waals surface area contributed by atoms with Gasteiger partial charge >= 0.3 is 0 Å². The van der Waals surface area contributed by atoms with E-state index in [0.29, 0.717) is 31.5 Å². The Morgan fingerprint density at radius 1 is 1.12 bits per heavy atom.